The van der Waals surface area contributed by atoms with Crippen LogP contribution in [0.1, 0.15) is 16.7 Å². The summed E-state index contributed by atoms with van der Waals surface area (Å²) in [4.78, 5) is 0. The number of rotatable bonds is 6. The van der Waals surface area contributed by atoms with Gasteiger partial charge < -0.3 is 10.2 Å². The minimum atomic E-state index is -3.39. The molecule has 108 valence electrons. The van der Waals surface area contributed by atoms with Crippen LogP contribution in [0.5, 0.6) is 0 Å². The minimum Gasteiger partial charge on any atom is -0.472 e. The first kappa shape index (κ1) is 14.8. The Morgan fingerprint density at radius 2 is 1.90 bits per heavy atom. The fraction of sp³-hybridized carbons (Fsp3) is 0.286. The van der Waals surface area contributed by atoms with Crippen LogP contribution in [0.25, 0.3) is 0 Å². The van der Waals surface area contributed by atoms with Gasteiger partial charge in [0.15, 0.2) is 0 Å². The number of hydrogen-bond donors (Lipinski definition) is 1. The third-order valence-electron chi connectivity index (χ3n) is 3.14. The van der Waals surface area contributed by atoms with Crippen LogP contribution in [0.4, 0.5) is 0 Å². The van der Waals surface area contributed by atoms with Crippen molar-refractivity contribution in [3.05, 3.63) is 59.5 Å². The summed E-state index contributed by atoms with van der Waals surface area (Å²) in [6, 6.07) is 9.07. The van der Waals surface area contributed by atoms with Crippen LogP contribution in [0.3, 0.4) is 0 Å². The summed E-state index contributed by atoms with van der Waals surface area (Å²) in [5.41, 5.74) is 8.06. The molecule has 0 spiro atoms. The number of furan rings is 1. The maximum absolute atomic E-state index is 12.3. The molecule has 0 amide bonds. The first-order chi connectivity index (χ1) is 9.53. The molecule has 0 aliphatic rings. The van der Waals surface area contributed by atoms with Gasteiger partial charge in [0.1, 0.15) is 0 Å². The lowest BCUT2D eigenvalue weighted by atomic mass is 10.1. The second-order valence-electron chi connectivity index (χ2n) is 4.62. The smallest absolute Gasteiger partial charge is 0.218 e. The molecule has 0 fully saturated rings. The molecule has 0 aliphatic carbocycles. The van der Waals surface area contributed by atoms with Crippen molar-refractivity contribution in [3.63, 3.8) is 0 Å². The molecule has 2 aromatic rings. The summed E-state index contributed by atoms with van der Waals surface area (Å²) in [5.74, 6) is -0.0469. The zero-order valence-corrected chi connectivity index (χ0v) is 12.1. The Kier molecular flexibility index (Phi) is 4.59. The molecule has 0 unspecified atom stereocenters. The first-order valence-corrected chi connectivity index (χ1v) is 7.86. The van der Waals surface area contributed by atoms with Crippen molar-refractivity contribution >= 4 is 10.0 Å². The molecule has 0 atom stereocenters. The molecule has 5 nitrogen and oxygen atoms in total. The average Bonchev–Trinajstić information content (AvgIpc) is 2.92. The molecule has 1 aromatic heterocycles. The van der Waals surface area contributed by atoms with Gasteiger partial charge in [-0.1, -0.05) is 24.3 Å². The van der Waals surface area contributed by atoms with E-state index in [0.29, 0.717) is 13.1 Å². The molecule has 1 heterocycles. The van der Waals surface area contributed by atoms with E-state index >= 15 is 0 Å². The molecule has 1 aromatic carbocycles. The van der Waals surface area contributed by atoms with Gasteiger partial charge in [-0.3, -0.25) is 0 Å². The number of sulfonamides is 1. The second-order valence-corrected chi connectivity index (χ2v) is 6.69. The number of benzene rings is 1. The maximum atomic E-state index is 12.3. The highest BCUT2D eigenvalue weighted by molar-refractivity contribution is 7.88. The fourth-order valence-electron chi connectivity index (χ4n) is 1.94. The maximum Gasteiger partial charge on any atom is 0.218 e. The number of nitrogens with two attached hydrogens (primary N) is 1. The van der Waals surface area contributed by atoms with Crippen molar-refractivity contribution < 1.29 is 12.8 Å². The molecule has 0 saturated heterocycles. The van der Waals surface area contributed by atoms with Gasteiger partial charge in [-0.15, -0.1) is 0 Å². The Labute approximate surface area is 119 Å². The predicted molar refractivity (Wildman–Crippen MR) is 77.1 cm³/mol. The largest absolute Gasteiger partial charge is 0.472 e. The van der Waals surface area contributed by atoms with Crippen molar-refractivity contribution in [3.8, 4) is 0 Å². The molecule has 2 rings (SSSR count). The Balaban J connectivity index is 2.14. The highest BCUT2D eigenvalue weighted by atomic mass is 32.2. The topological polar surface area (TPSA) is 76.5 Å². The fourth-order valence-corrected chi connectivity index (χ4v) is 3.18. The predicted octanol–water partition coefficient (Wildman–Crippen LogP) is 1.70. The summed E-state index contributed by atoms with van der Waals surface area (Å²) in [6.07, 6.45) is 3.07. The van der Waals surface area contributed by atoms with Crippen LogP contribution < -0.4 is 5.73 Å². The van der Waals surface area contributed by atoms with E-state index in [4.69, 9.17) is 10.2 Å². The van der Waals surface area contributed by atoms with Crippen molar-refractivity contribution in [2.45, 2.75) is 18.8 Å². The lowest BCUT2D eigenvalue weighted by Crippen LogP contribution is -2.28. The summed E-state index contributed by atoms with van der Waals surface area (Å²) in [5, 5.41) is 0. The Hall–Kier alpha value is -1.63. The van der Waals surface area contributed by atoms with Crippen LogP contribution in [0, 0.1) is 0 Å². The third kappa shape index (κ3) is 3.47. The van der Waals surface area contributed by atoms with Crippen LogP contribution in [0.15, 0.2) is 47.3 Å². The normalized spacial score (nSPS) is 11.9. The van der Waals surface area contributed by atoms with Gasteiger partial charge in [-0.2, -0.15) is 0 Å². The number of hydrogen-bond acceptors (Lipinski definition) is 4. The van der Waals surface area contributed by atoms with Crippen LogP contribution >= 0.6 is 0 Å². The Bertz CT molecular complexity index is 651. The summed E-state index contributed by atoms with van der Waals surface area (Å²) in [7, 11) is -1.82. The molecule has 0 aliphatic heterocycles. The van der Waals surface area contributed by atoms with Gasteiger partial charge in [-0.05, 0) is 17.2 Å². The van der Waals surface area contributed by atoms with E-state index in [1.165, 1.54) is 10.6 Å². The SMILES string of the molecule is CN(Cc1ccoc1)S(=O)(=O)Cc1ccccc1CN. The van der Waals surface area contributed by atoms with Crippen molar-refractivity contribution in [1.82, 2.24) is 4.31 Å². The van der Waals surface area contributed by atoms with E-state index in [2.05, 4.69) is 0 Å². The van der Waals surface area contributed by atoms with E-state index < -0.39 is 10.0 Å². The van der Waals surface area contributed by atoms with Gasteiger partial charge in [-0.25, -0.2) is 12.7 Å². The van der Waals surface area contributed by atoms with Gasteiger partial charge in [0, 0.05) is 25.7 Å². The average molecular weight is 294 g/mol. The van der Waals surface area contributed by atoms with Gasteiger partial charge in [0.2, 0.25) is 10.0 Å². The third-order valence-corrected chi connectivity index (χ3v) is 4.89. The minimum absolute atomic E-state index is 0.0469. The second kappa shape index (κ2) is 6.21. The van der Waals surface area contributed by atoms with E-state index in [9.17, 15) is 8.42 Å². The van der Waals surface area contributed by atoms with E-state index in [-0.39, 0.29) is 5.75 Å². The molecule has 20 heavy (non-hydrogen) atoms. The molecular weight excluding hydrogens is 276 g/mol. The van der Waals surface area contributed by atoms with E-state index in [1.54, 1.807) is 25.4 Å². The highest BCUT2D eigenvalue weighted by Crippen LogP contribution is 2.16. The molecule has 0 radical (unpaired) electrons. The number of nitrogens with zero attached hydrogens (tertiary/aromatic N) is 1. The first-order valence-electron chi connectivity index (χ1n) is 6.25. The lowest BCUT2D eigenvalue weighted by molar-refractivity contribution is 0.462. The van der Waals surface area contributed by atoms with Gasteiger partial charge >= 0.3 is 0 Å². The molecule has 6 heteroatoms. The molecule has 2 N–H and O–H groups in total. The Morgan fingerprint density at radius 1 is 1.20 bits per heavy atom. The molecular formula is C14H18N2O3S. The standard InChI is InChI=1S/C14H18N2O3S/c1-16(9-12-6-7-19-10-12)20(17,18)11-14-5-3-2-4-13(14)8-15/h2-7,10H,8-9,11,15H2,1H3. The monoisotopic (exact) mass is 294 g/mol. The van der Waals surface area contributed by atoms with E-state index in [1.807, 2.05) is 18.2 Å². The lowest BCUT2D eigenvalue weighted by Gasteiger charge is -2.17. The Morgan fingerprint density at radius 3 is 2.50 bits per heavy atom. The van der Waals surface area contributed by atoms with Crippen LogP contribution in [-0.2, 0) is 28.9 Å². The van der Waals surface area contributed by atoms with E-state index in [0.717, 1.165) is 16.7 Å². The van der Waals surface area contributed by atoms with Crippen LogP contribution in [0.2, 0.25) is 0 Å². The summed E-state index contributed by atoms with van der Waals surface area (Å²) in [6.45, 7) is 0.626. The van der Waals surface area contributed by atoms with Crippen molar-refractivity contribution in [1.29, 1.82) is 0 Å². The molecule has 0 bridgehead atoms. The highest BCUT2D eigenvalue weighted by Gasteiger charge is 2.20. The zero-order valence-electron chi connectivity index (χ0n) is 11.3. The van der Waals surface area contributed by atoms with Crippen molar-refractivity contribution in [2.75, 3.05) is 7.05 Å². The van der Waals surface area contributed by atoms with Crippen LogP contribution in [-0.4, -0.2) is 19.8 Å². The summed E-state index contributed by atoms with van der Waals surface area (Å²) < 4.78 is 31.0. The van der Waals surface area contributed by atoms with Crippen molar-refractivity contribution in [2.24, 2.45) is 5.73 Å². The quantitative estimate of drug-likeness (QED) is 0.879. The van der Waals surface area contributed by atoms with Gasteiger partial charge in [0.25, 0.3) is 0 Å². The zero-order chi connectivity index (χ0) is 14.6. The molecule has 0 saturated carbocycles. The van der Waals surface area contributed by atoms with Gasteiger partial charge in [0.05, 0.1) is 18.3 Å². The summed E-state index contributed by atoms with van der Waals surface area (Å²) >= 11 is 0.